The molecule has 2 aliphatic rings. The van der Waals surface area contributed by atoms with Gasteiger partial charge in [0.15, 0.2) is 0 Å². The van der Waals surface area contributed by atoms with Gasteiger partial charge >= 0.3 is 0 Å². The smallest absolute Gasteiger partial charge is 0.253 e. The molecular weight excluding hydrogens is 474 g/mol. The summed E-state index contributed by atoms with van der Waals surface area (Å²) in [6.45, 7) is 4.31. The third-order valence-electron chi connectivity index (χ3n) is 6.72. The number of piperidine rings is 1. The van der Waals surface area contributed by atoms with Crippen molar-refractivity contribution in [2.45, 2.75) is 45.1 Å². The van der Waals surface area contributed by atoms with Crippen molar-refractivity contribution in [3.8, 4) is 0 Å². The van der Waals surface area contributed by atoms with Crippen LogP contribution in [0.2, 0.25) is 5.02 Å². The van der Waals surface area contributed by atoms with Gasteiger partial charge in [0.2, 0.25) is 0 Å². The summed E-state index contributed by atoms with van der Waals surface area (Å²) in [6.07, 6.45) is 20.1. The molecule has 1 unspecified atom stereocenters. The summed E-state index contributed by atoms with van der Waals surface area (Å²) in [4.78, 5) is 33.9. The number of fused-ring (bicyclic) bond motifs is 1. The van der Waals surface area contributed by atoms with Crippen LogP contribution in [-0.2, 0) is 0 Å². The van der Waals surface area contributed by atoms with Crippen LogP contribution in [-0.4, -0.2) is 55.8 Å². The van der Waals surface area contributed by atoms with Crippen molar-refractivity contribution < 1.29 is 4.79 Å². The Balaban J connectivity index is 1.44. The zero-order valence-electron chi connectivity index (χ0n) is 20.4. The second kappa shape index (κ2) is 11.1. The summed E-state index contributed by atoms with van der Waals surface area (Å²) in [5, 5.41) is 4.29. The van der Waals surface area contributed by atoms with E-state index in [1.807, 2.05) is 42.2 Å². The number of nitrogens with one attached hydrogen (secondary N) is 1. The minimum atomic E-state index is -0.189. The lowest BCUT2D eigenvalue weighted by atomic mass is 10.0. The normalized spacial score (nSPS) is 19.2. The molecule has 5 rings (SSSR count). The summed E-state index contributed by atoms with van der Waals surface area (Å²) in [6, 6.07) is 1.72. The van der Waals surface area contributed by atoms with E-state index in [-0.39, 0.29) is 11.9 Å². The minimum Gasteiger partial charge on any atom is -0.350 e. The first-order chi connectivity index (χ1) is 17.6. The first kappa shape index (κ1) is 24.3. The molecule has 1 saturated heterocycles. The number of hydrogen-bond donors (Lipinski definition) is 1. The maximum Gasteiger partial charge on any atom is 0.253 e. The Kier molecular flexibility index (Phi) is 7.53. The molecule has 0 aromatic carbocycles. The Morgan fingerprint density at radius 1 is 1.14 bits per heavy atom. The van der Waals surface area contributed by atoms with Gasteiger partial charge in [0.05, 0.1) is 22.0 Å². The number of allylic oxidation sites excluding steroid dienone is 3. The van der Waals surface area contributed by atoms with Gasteiger partial charge in [-0.05, 0) is 51.4 Å². The van der Waals surface area contributed by atoms with Gasteiger partial charge in [0.25, 0.3) is 5.91 Å². The Morgan fingerprint density at radius 2 is 1.94 bits per heavy atom. The van der Waals surface area contributed by atoms with Crippen LogP contribution in [0, 0.1) is 6.92 Å². The molecule has 1 atom stereocenters. The lowest BCUT2D eigenvalue weighted by molar-refractivity contribution is 0.0925. The molecule has 8 nitrogen and oxygen atoms in total. The van der Waals surface area contributed by atoms with Gasteiger partial charge < -0.3 is 5.32 Å². The molecule has 5 heterocycles. The fourth-order valence-corrected chi connectivity index (χ4v) is 5.09. The van der Waals surface area contributed by atoms with Crippen molar-refractivity contribution in [1.82, 2.24) is 29.7 Å². The van der Waals surface area contributed by atoms with Crippen LogP contribution in [0.1, 0.15) is 59.9 Å². The molecule has 9 heteroatoms. The highest BCUT2D eigenvalue weighted by atomic mass is 35.5. The highest BCUT2D eigenvalue weighted by Crippen LogP contribution is 2.29. The molecular formula is C27H30ClN7O. The van der Waals surface area contributed by atoms with Crippen molar-refractivity contribution >= 4 is 34.4 Å². The molecule has 186 valence electrons. The third kappa shape index (κ3) is 5.24. The van der Waals surface area contributed by atoms with E-state index in [1.165, 1.54) is 6.42 Å². The topological polar surface area (TPSA) is 88.3 Å². The quantitative estimate of drug-likeness (QED) is 0.537. The number of nitrogens with zero attached hydrogens (tertiary/aromatic N) is 6. The summed E-state index contributed by atoms with van der Waals surface area (Å²) < 4.78 is 1.88. The van der Waals surface area contributed by atoms with Crippen molar-refractivity contribution in [1.29, 1.82) is 0 Å². The number of aromatic nitrogens is 4. The standard InChI is InChI=1S/C27H30ClN7O/c1-19-31-15-20(16-32-19)23(34-13-7-4-8-14-34)17-33-27(36)21-18-35(24-9-5-2-3-6-11-29-24)26-25(21)22(28)10-12-30-26/h2-3,6,10-12,15-16,18,23H,4-5,7-9,13-14,17H2,1H3,(H,33,36)/b3-2-,11-6-,29-24?. The van der Waals surface area contributed by atoms with E-state index in [0.717, 1.165) is 56.0 Å². The second-order valence-corrected chi connectivity index (χ2v) is 9.55. The second-order valence-electron chi connectivity index (χ2n) is 9.14. The van der Waals surface area contributed by atoms with Gasteiger partial charge in [-0.15, -0.1) is 0 Å². The lowest BCUT2D eigenvalue weighted by Gasteiger charge is -2.34. The van der Waals surface area contributed by atoms with E-state index in [0.29, 0.717) is 28.2 Å². The number of pyridine rings is 1. The minimum absolute atomic E-state index is 0.00343. The number of amides is 1. The Hall–Kier alpha value is -3.36. The van der Waals surface area contributed by atoms with Gasteiger partial charge in [0.1, 0.15) is 17.3 Å². The first-order valence-corrected chi connectivity index (χ1v) is 12.8. The first-order valence-electron chi connectivity index (χ1n) is 12.5. The average Bonchev–Trinajstić information content (AvgIpc) is 3.27. The highest BCUT2D eigenvalue weighted by molar-refractivity contribution is 6.36. The summed E-state index contributed by atoms with van der Waals surface area (Å²) in [5.41, 5.74) is 2.13. The number of rotatable bonds is 5. The van der Waals surface area contributed by atoms with Gasteiger partial charge in [-0.1, -0.05) is 30.2 Å². The highest BCUT2D eigenvalue weighted by Gasteiger charge is 2.26. The molecule has 36 heavy (non-hydrogen) atoms. The number of likely N-dealkylation sites (tertiary alicyclic amines) is 1. The zero-order valence-corrected chi connectivity index (χ0v) is 21.2. The van der Waals surface area contributed by atoms with Crippen LogP contribution in [0.15, 0.2) is 60.3 Å². The number of carbonyl (C=O) groups is 1. The monoisotopic (exact) mass is 503 g/mol. The van der Waals surface area contributed by atoms with E-state index >= 15 is 0 Å². The van der Waals surface area contributed by atoms with Crippen LogP contribution in [0.3, 0.4) is 0 Å². The van der Waals surface area contributed by atoms with E-state index < -0.39 is 0 Å². The molecule has 3 aromatic rings. The van der Waals surface area contributed by atoms with Crippen LogP contribution in [0.5, 0.6) is 0 Å². The molecule has 2 aliphatic heterocycles. The molecule has 1 N–H and O–H groups in total. The zero-order chi connectivity index (χ0) is 24.9. The summed E-state index contributed by atoms with van der Waals surface area (Å²) in [5.74, 6) is 1.36. The predicted octanol–water partition coefficient (Wildman–Crippen LogP) is 4.86. The Labute approximate surface area is 215 Å². The number of aryl methyl sites for hydroxylation is 1. The Morgan fingerprint density at radius 3 is 2.75 bits per heavy atom. The van der Waals surface area contributed by atoms with Gasteiger partial charge in [-0.2, -0.15) is 0 Å². The molecule has 1 fully saturated rings. The molecule has 0 spiro atoms. The van der Waals surface area contributed by atoms with E-state index in [4.69, 9.17) is 11.6 Å². The number of carbonyl (C=O) groups excluding carboxylic acids is 1. The molecule has 0 bridgehead atoms. The van der Waals surface area contributed by atoms with E-state index in [9.17, 15) is 4.79 Å². The van der Waals surface area contributed by atoms with Gasteiger partial charge in [-0.25, -0.2) is 19.9 Å². The maximum absolute atomic E-state index is 13.6. The van der Waals surface area contributed by atoms with Crippen molar-refractivity contribution in [2.75, 3.05) is 19.6 Å². The third-order valence-corrected chi connectivity index (χ3v) is 7.04. The molecule has 1 amide bonds. The van der Waals surface area contributed by atoms with E-state index in [1.54, 1.807) is 18.5 Å². The fourth-order valence-electron chi connectivity index (χ4n) is 4.84. The average molecular weight is 504 g/mol. The van der Waals surface area contributed by atoms with Crippen LogP contribution in [0.4, 0.5) is 0 Å². The van der Waals surface area contributed by atoms with Crippen LogP contribution in [0.25, 0.3) is 11.0 Å². The molecule has 0 aliphatic carbocycles. The van der Waals surface area contributed by atoms with E-state index in [2.05, 4.69) is 36.2 Å². The largest absolute Gasteiger partial charge is 0.350 e. The van der Waals surface area contributed by atoms with Gasteiger partial charge in [-0.3, -0.25) is 14.3 Å². The Bertz CT molecular complexity index is 1320. The number of aliphatic imine (C=N–C) groups is 1. The van der Waals surface area contributed by atoms with Crippen molar-refractivity contribution in [2.24, 2.45) is 4.99 Å². The predicted molar refractivity (Wildman–Crippen MR) is 142 cm³/mol. The van der Waals surface area contributed by atoms with Crippen LogP contribution >= 0.6 is 11.6 Å². The summed E-state index contributed by atoms with van der Waals surface area (Å²) in [7, 11) is 0. The fraction of sp³-hybridized carbons (Fsp3) is 0.370. The number of hydrogen-bond acceptors (Lipinski definition) is 6. The van der Waals surface area contributed by atoms with Gasteiger partial charge in [0, 0.05) is 49.5 Å². The van der Waals surface area contributed by atoms with Crippen LogP contribution < -0.4 is 5.32 Å². The lowest BCUT2D eigenvalue weighted by Crippen LogP contribution is -2.40. The molecule has 3 aromatic heterocycles. The summed E-state index contributed by atoms with van der Waals surface area (Å²) >= 11 is 6.59. The van der Waals surface area contributed by atoms with Crippen molar-refractivity contribution in [3.05, 3.63) is 77.3 Å². The molecule has 0 radical (unpaired) electrons. The SMILES string of the molecule is Cc1ncc(C(CNC(=O)c2cn(C3=N/C=C\C=C/CC3)c3nccc(Cl)c23)N2CCCCC2)cn1. The maximum atomic E-state index is 13.6. The number of halogens is 1. The van der Waals surface area contributed by atoms with Crippen molar-refractivity contribution in [3.63, 3.8) is 0 Å². The molecule has 0 saturated carbocycles.